The monoisotopic (exact) mass is 555 g/mol. The van der Waals surface area contributed by atoms with Gasteiger partial charge in [-0.2, -0.15) is 19.1 Å². The molecule has 1 aromatic rings. The quantitative estimate of drug-likeness (QED) is 0.460. The zero-order chi connectivity index (χ0) is 25.8. The van der Waals surface area contributed by atoms with E-state index >= 15 is 0 Å². The SMILES string of the molecule is CNC(=O)C(=O)N[C@@H](C)CC1(C#N)CCC2(CC1)OC(=O)NN=C2c1cccc(OC(F)F)c1Br. The highest BCUT2D eigenvalue weighted by Crippen LogP contribution is 2.48. The maximum atomic E-state index is 12.8. The highest BCUT2D eigenvalue weighted by Gasteiger charge is 2.51. The van der Waals surface area contributed by atoms with Crippen LogP contribution in [0.5, 0.6) is 5.75 Å². The number of carbonyl (C=O) groups is 3. The third-order valence-electron chi connectivity index (χ3n) is 6.17. The number of alkyl halides is 2. The number of likely N-dealkylation sites (N-methyl/N-ethyl adjacent to an activating group) is 1. The summed E-state index contributed by atoms with van der Waals surface area (Å²) in [4.78, 5) is 35.5. The van der Waals surface area contributed by atoms with E-state index in [0.717, 1.165) is 0 Å². The van der Waals surface area contributed by atoms with Crippen LogP contribution in [0.3, 0.4) is 0 Å². The second kappa shape index (κ2) is 10.6. The van der Waals surface area contributed by atoms with Crippen molar-refractivity contribution in [3.63, 3.8) is 0 Å². The Morgan fingerprint density at radius 3 is 2.60 bits per heavy atom. The van der Waals surface area contributed by atoms with Gasteiger partial charge in [0.1, 0.15) is 11.5 Å². The summed E-state index contributed by atoms with van der Waals surface area (Å²) in [5.74, 6) is -1.68. The third-order valence-corrected chi connectivity index (χ3v) is 6.99. The molecule has 10 nitrogen and oxygen atoms in total. The van der Waals surface area contributed by atoms with Gasteiger partial charge in [-0.15, -0.1) is 0 Å². The molecule has 1 heterocycles. The third kappa shape index (κ3) is 5.70. The number of amides is 3. The minimum absolute atomic E-state index is 0.102. The lowest BCUT2D eigenvalue weighted by Crippen LogP contribution is -2.54. The molecule has 0 aromatic heterocycles. The maximum absolute atomic E-state index is 12.8. The molecule has 3 amide bonds. The van der Waals surface area contributed by atoms with Gasteiger partial charge in [0.05, 0.1) is 16.0 Å². The zero-order valence-corrected chi connectivity index (χ0v) is 20.6. The molecule has 13 heteroatoms. The lowest BCUT2D eigenvalue weighted by atomic mass is 9.65. The highest BCUT2D eigenvalue weighted by atomic mass is 79.9. The topological polar surface area (TPSA) is 142 Å². The molecule has 2 aliphatic rings. The fourth-order valence-electron chi connectivity index (χ4n) is 4.51. The summed E-state index contributed by atoms with van der Waals surface area (Å²) in [6.07, 6.45) is 0.592. The van der Waals surface area contributed by atoms with Gasteiger partial charge in [0.15, 0.2) is 5.60 Å². The van der Waals surface area contributed by atoms with Gasteiger partial charge in [-0.05, 0) is 61.0 Å². The summed E-state index contributed by atoms with van der Waals surface area (Å²) < 4.78 is 36.1. The Labute approximate surface area is 208 Å². The van der Waals surface area contributed by atoms with Crippen molar-refractivity contribution in [2.24, 2.45) is 10.5 Å². The summed E-state index contributed by atoms with van der Waals surface area (Å²) in [5.41, 5.74) is 0.941. The Bertz CT molecular complexity index is 1080. The molecule has 1 aliphatic carbocycles. The van der Waals surface area contributed by atoms with Crippen molar-refractivity contribution in [2.45, 2.75) is 57.3 Å². The van der Waals surface area contributed by atoms with Gasteiger partial charge in [0, 0.05) is 18.7 Å². The molecular formula is C22H24BrF2N5O5. The van der Waals surface area contributed by atoms with Crippen LogP contribution >= 0.6 is 15.9 Å². The molecule has 1 atom stereocenters. The van der Waals surface area contributed by atoms with Crippen LogP contribution in [0.1, 0.15) is 44.6 Å². The number of rotatable bonds is 6. The Kier molecular flexibility index (Phi) is 7.94. The van der Waals surface area contributed by atoms with Crippen LogP contribution in [0.25, 0.3) is 0 Å². The lowest BCUT2D eigenvalue weighted by molar-refractivity contribution is -0.139. The fraction of sp³-hybridized carbons (Fsp3) is 0.500. The number of nitrogens with zero attached hydrogens (tertiary/aromatic N) is 2. The van der Waals surface area contributed by atoms with Gasteiger partial charge < -0.3 is 20.1 Å². The minimum Gasteiger partial charge on any atom is -0.435 e. The van der Waals surface area contributed by atoms with Crippen molar-refractivity contribution in [3.05, 3.63) is 28.2 Å². The summed E-state index contributed by atoms with van der Waals surface area (Å²) in [5, 5.41) is 19.0. The molecule has 1 fully saturated rings. The standard InChI is InChI=1S/C22H24BrF2N5O5/c1-12(28-18(32)17(31)27-2)10-21(11-26)6-8-22(9-7-21)16(29-30-20(33)35-22)13-4-3-5-14(15(13)23)34-19(24)25/h3-5,12,19H,6-10H2,1-2H3,(H,27,31)(H,28,32)(H,30,33)/t12-,21?,22?/m0/s1. The Hall–Kier alpha value is -3.27. The molecule has 0 radical (unpaired) electrons. The number of halogens is 3. The second-order valence-corrected chi connectivity index (χ2v) is 9.30. The zero-order valence-electron chi connectivity index (χ0n) is 19.0. The minimum atomic E-state index is -3.03. The normalized spacial score (nSPS) is 24.5. The molecule has 0 bridgehead atoms. The predicted octanol–water partition coefficient (Wildman–Crippen LogP) is 2.96. The molecular weight excluding hydrogens is 532 g/mol. The predicted molar refractivity (Wildman–Crippen MR) is 122 cm³/mol. The summed E-state index contributed by atoms with van der Waals surface area (Å²) in [6, 6.07) is 6.39. The van der Waals surface area contributed by atoms with Crippen molar-refractivity contribution in [1.29, 1.82) is 5.26 Å². The van der Waals surface area contributed by atoms with Crippen LogP contribution < -0.4 is 20.8 Å². The summed E-state index contributed by atoms with van der Waals surface area (Å²) in [6.45, 7) is -1.33. The van der Waals surface area contributed by atoms with Crippen LogP contribution in [0.4, 0.5) is 13.6 Å². The number of ether oxygens (including phenoxy) is 2. The van der Waals surface area contributed by atoms with E-state index in [9.17, 15) is 28.4 Å². The van der Waals surface area contributed by atoms with Crippen LogP contribution in [0.2, 0.25) is 0 Å². The number of benzene rings is 1. The molecule has 188 valence electrons. The van der Waals surface area contributed by atoms with Crippen LogP contribution in [0.15, 0.2) is 27.8 Å². The molecule has 0 unspecified atom stereocenters. The molecule has 3 N–H and O–H groups in total. The van der Waals surface area contributed by atoms with Crippen molar-refractivity contribution < 1.29 is 32.6 Å². The first-order chi connectivity index (χ1) is 16.5. The van der Waals surface area contributed by atoms with Crippen LogP contribution in [-0.4, -0.2) is 48.9 Å². The van der Waals surface area contributed by atoms with Gasteiger partial charge in [-0.1, -0.05) is 12.1 Å². The Morgan fingerprint density at radius 1 is 1.31 bits per heavy atom. The Balaban J connectivity index is 1.83. The lowest BCUT2D eigenvalue weighted by Gasteiger charge is -2.45. The van der Waals surface area contributed by atoms with Crippen molar-refractivity contribution in [2.75, 3.05) is 7.05 Å². The highest BCUT2D eigenvalue weighted by molar-refractivity contribution is 9.10. The average molecular weight is 556 g/mol. The van der Waals surface area contributed by atoms with Gasteiger partial charge in [0.25, 0.3) is 0 Å². The molecule has 35 heavy (non-hydrogen) atoms. The number of nitrogens with one attached hydrogen (secondary N) is 3. The number of hydrazone groups is 1. The number of hydrogen-bond acceptors (Lipinski definition) is 7. The largest absolute Gasteiger partial charge is 0.435 e. The van der Waals surface area contributed by atoms with E-state index in [2.05, 4.69) is 47.9 Å². The van der Waals surface area contributed by atoms with Crippen molar-refractivity contribution in [3.8, 4) is 11.8 Å². The number of carbonyl (C=O) groups excluding carboxylic acids is 3. The molecule has 0 saturated heterocycles. The second-order valence-electron chi connectivity index (χ2n) is 8.50. The Morgan fingerprint density at radius 2 is 2.00 bits per heavy atom. The van der Waals surface area contributed by atoms with Gasteiger partial charge in [-0.3, -0.25) is 9.59 Å². The van der Waals surface area contributed by atoms with E-state index in [0.29, 0.717) is 24.1 Å². The molecule has 1 saturated carbocycles. The summed E-state index contributed by atoms with van der Waals surface area (Å²) in [7, 11) is 1.34. The first-order valence-electron chi connectivity index (χ1n) is 10.8. The van der Waals surface area contributed by atoms with E-state index in [1.807, 2.05) is 0 Å². The van der Waals surface area contributed by atoms with Gasteiger partial charge >= 0.3 is 24.5 Å². The van der Waals surface area contributed by atoms with E-state index in [-0.39, 0.29) is 29.5 Å². The van der Waals surface area contributed by atoms with E-state index < -0.39 is 41.6 Å². The van der Waals surface area contributed by atoms with Gasteiger partial charge in [0.2, 0.25) is 0 Å². The maximum Gasteiger partial charge on any atom is 0.428 e. The average Bonchev–Trinajstić information content (AvgIpc) is 2.82. The fourth-order valence-corrected chi connectivity index (χ4v) is 5.06. The smallest absolute Gasteiger partial charge is 0.428 e. The number of hydrogen-bond donors (Lipinski definition) is 3. The van der Waals surface area contributed by atoms with E-state index in [1.54, 1.807) is 13.0 Å². The van der Waals surface area contributed by atoms with E-state index in [4.69, 9.17) is 4.74 Å². The van der Waals surface area contributed by atoms with Gasteiger partial charge in [-0.25, -0.2) is 10.2 Å². The molecule has 1 aromatic carbocycles. The molecule has 1 spiro atoms. The van der Waals surface area contributed by atoms with Crippen LogP contribution in [-0.2, 0) is 14.3 Å². The van der Waals surface area contributed by atoms with Crippen molar-refractivity contribution in [1.82, 2.24) is 16.1 Å². The van der Waals surface area contributed by atoms with E-state index in [1.165, 1.54) is 19.2 Å². The van der Waals surface area contributed by atoms with Crippen molar-refractivity contribution >= 4 is 39.5 Å². The number of nitriles is 1. The molecule has 1 aliphatic heterocycles. The summed E-state index contributed by atoms with van der Waals surface area (Å²) >= 11 is 3.29. The van der Waals surface area contributed by atoms with Crippen LogP contribution in [0, 0.1) is 16.7 Å². The first-order valence-corrected chi connectivity index (χ1v) is 11.6. The molecule has 3 rings (SSSR count). The first kappa shape index (κ1) is 26.3.